The summed E-state index contributed by atoms with van der Waals surface area (Å²) >= 11 is 0. The molecule has 0 aliphatic rings. The Labute approximate surface area is 89.4 Å². The van der Waals surface area contributed by atoms with Crippen LogP contribution in [0.4, 0.5) is 0 Å². The number of hydrogen-bond acceptors (Lipinski definition) is 2. The largest absolute Gasteiger partial charge is 0.461 e. The van der Waals surface area contributed by atoms with Gasteiger partial charge >= 0.3 is 0 Å². The molecular formula is C13H15NO. The summed E-state index contributed by atoms with van der Waals surface area (Å²) in [5, 5.41) is 1.15. The van der Waals surface area contributed by atoms with E-state index in [1.54, 1.807) is 0 Å². The molecular weight excluding hydrogens is 186 g/mol. The second-order valence-corrected chi connectivity index (χ2v) is 3.79. The lowest BCUT2D eigenvalue weighted by Crippen LogP contribution is -2.09. The van der Waals surface area contributed by atoms with E-state index in [9.17, 15) is 0 Å². The molecule has 1 aromatic carbocycles. The van der Waals surface area contributed by atoms with Crippen molar-refractivity contribution < 1.29 is 4.42 Å². The first-order chi connectivity index (χ1) is 7.18. The molecule has 0 fully saturated rings. The van der Waals surface area contributed by atoms with E-state index in [-0.39, 0.29) is 6.04 Å². The van der Waals surface area contributed by atoms with Crippen molar-refractivity contribution in [1.29, 1.82) is 0 Å². The number of furan rings is 1. The minimum Gasteiger partial charge on any atom is -0.461 e. The first-order valence-corrected chi connectivity index (χ1v) is 5.10. The fraction of sp³-hybridized carbons (Fsp3) is 0.231. The lowest BCUT2D eigenvalue weighted by molar-refractivity contribution is 0.577. The molecule has 1 aromatic heterocycles. The molecule has 1 atom stereocenters. The van der Waals surface area contributed by atoms with Crippen molar-refractivity contribution in [3.05, 3.63) is 41.7 Å². The van der Waals surface area contributed by atoms with Crippen LogP contribution in [0.25, 0.3) is 17.0 Å². The molecule has 0 saturated carbocycles. The topological polar surface area (TPSA) is 39.2 Å². The van der Waals surface area contributed by atoms with Crippen LogP contribution in [0.15, 0.2) is 34.8 Å². The van der Waals surface area contributed by atoms with Crippen LogP contribution in [0.3, 0.4) is 0 Å². The fourth-order valence-corrected chi connectivity index (χ4v) is 1.64. The van der Waals surface area contributed by atoms with Gasteiger partial charge in [0.05, 0.1) is 0 Å². The van der Waals surface area contributed by atoms with Gasteiger partial charge in [-0.2, -0.15) is 0 Å². The van der Waals surface area contributed by atoms with Crippen LogP contribution in [0.2, 0.25) is 0 Å². The Hall–Kier alpha value is -1.54. The highest BCUT2D eigenvalue weighted by Crippen LogP contribution is 2.26. The summed E-state index contributed by atoms with van der Waals surface area (Å²) in [5.41, 5.74) is 7.74. The molecule has 2 N–H and O–H groups in total. The molecule has 0 saturated heterocycles. The minimum absolute atomic E-state index is 0.0677. The Morgan fingerprint density at radius 3 is 2.80 bits per heavy atom. The summed E-state index contributed by atoms with van der Waals surface area (Å²) < 4.78 is 5.64. The number of nitrogens with two attached hydrogens (primary N) is 1. The average molecular weight is 201 g/mol. The van der Waals surface area contributed by atoms with E-state index in [1.807, 2.05) is 44.2 Å². The van der Waals surface area contributed by atoms with Gasteiger partial charge in [-0.1, -0.05) is 30.4 Å². The minimum atomic E-state index is 0.0677. The highest BCUT2D eigenvalue weighted by atomic mass is 16.3. The van der Waals surface area contributed by atoms with Gasteiger partial charge in [0, 0.05) is 17.0 Å². The predicted molar refractivity (Wildman–Crippen MR) is 63.6 cm³/mol. The van der Waals surface area contributed by atoms with Crippen LogP contribution < -0.4 is 5.73 Å². The van der Waals surface area contributed by atoms with Gasteiger partial charge in [0.25, 0.3) is 0 Å². The molecule has 78 valence electrons. The standard InChI is InChI=1S/C13H15NO/c1-9(14)7-8-11-10(2)15-13-6-4-3-5-12(11)13/h3-9H,14H2,1-2H3/b8-7+. The fourth-order valence-electron chi connectivity index (χ4n) is 1.64. The maximum atomic E-state index is 5.69. The van der Waals surface area contributed by atoms with Crippen molar-refractivity contribution in [2.75, 3.05) is 0 Å². The molecule has 0 aliphatic heterocycles. The van der Waals surface area contributed by atoms with Gasteiger partial charge in [0.15, 0.2) is 0 Å². The number of hydrogen-bond donors (Lipinski definition) is 1. The quantitative estimate of drug-likeness (QED) is 0.810. The highest BCUT2D eigenvalue weighted by Gasteiger charge is 2.06. The second-order valence-electron chi connectivity index (χ2n) is 3.79. The van der Waals surface area contributed by atoms with Gasteiger partial charge in [-0.05, 0) is 19.9 Å². The van der Waals surface area contributed by atoms with Crippen LogP contribution in [-0.2, 0) is 0 Å². The lowest BCUT2D eigenvalue weighted by Gasteiger charge is -1.94. The molecule has 0 amide bonds. The van der Waals surface area contributed by atoms with Crippen LogP contribution in [0.1, 0.15) is 18.2 Å². The molecule has 15 heavy (non-hydrogen) atoms. The van der Waals surface area contributed by atoms with Crippen molar-refractivity contribution in [2.24, 2.45) is 5.73 Å². The van der Waals surface area contributed by atoms with E-state index in [0.717, 1.165) is 22.3 Å². The number of rotatable bonds is 2. The molecule has 2 heteroatoms. The normalized spacial score (nSPS) is 13.8. The Morgan fingerprint density at radius 2 is 2.07 bits per heavy atom. The molecule has 2 nitrogen and oxygen atoms in total. The molecule has 1 unspecified atom stereocenters. The van der Waals surface area contributed by atoms with E-state index in [0.29, 0.717) is 0 Å². The van der Waals surface area contributed by atoms with Crippen LogP contribution in [0.5, 0.6) is 0 Å². The van der Waals surface area contributed by atoms with Crippen molar-refractivity contribution in [1.82, 2.24) is 0 Å². The maximum absolute atomic E-state index is 5.69. The van der Waals surface area contributed by atoms with Crippen molar-refractivity contribution in [3.8, 4) is 0 Å². The molecule has 0 radical (unpaired) electrons. The third kappa shape index (κ3) is 1.95. The number of fused-ring (bicyclic) bond motifs is 1. The van der Waals surface area contributed by atoms with E-state index in [4.69, 9.17) is 10.2 Å². The summed E-state index contributed by atoms with van der Waals surface area (Å²) in [6, 6.07) is 8.10. The molecule has 1 heterocycles. The van der Waals surface area contributed by atoms with Gasteiger partial charge in [0.2, 0.25) is 0 Å². The summed E-state index contributed by atoms with van der Waals surface area (Å²) in [6.07, 6.45) is 4.01. The second kappa shape index (κ2) is 3.91. The van der Waals surface area contributed by atoms with Crippen LogP contribution in [0, 0.1) is 6.92 Å². The van der Waals surface area contributed by atoms with E-state index in [2.05, 4.69) is 6.07 Å². The van der Waals surface area contributed by atoms with Gasteiger partial charge in [0.1, 0.15) is 11.3 Å². The summed E-state index contributed by atoms with van der Waals surface area (Å²) in [5.74, 6) is 0.938. The number of aryl methyl sites for hydroxylation is 1. The molecule has 2 rings (SSSR count). The Balaban J connectivity index is 2.54. The number of benzene rings is 1. The third-order valence-electron chi connectivity index (χ3n) is 2.39. The Morgan fingerprint density at radius 1 is 1.33 bits per heavy atom. The van der Waals surface area contributed by atoms with Crippen LogP contribution >= 0.6 is 0 Å². The number of para-hydroxylation sites is 1. The molecule has 0 spiro atoms. The van der Waals surface area contributed by atoms with E-state index < -0.39 is 0 Å². The lowest BCUT2D eigenvalue weighted by atomic mass is 10.1. The Kier molecular flexibility index (Phi) is 2.60. The van der Waals surface area contributed by atoms with Crippen molar-refractivity contribution in [3.63, 3.8) is 0 Å². The predicted octanol–water partition coefficient (Wildman–Crippen LogP) is 3.10. The summed E-state index contributed by atoms with van der Waals surface area (Å²) in [7, 11) is 0. The van der Waals surface area contributed by atoms with Gasteiger partial charge in [-0.15, -0.1) is 0 Å². The van der Waals surface area contributed by atoms with Gasteiger partial charge in [-0.25, -0.2) is 0 Å². The zero-order chi connectivity index (χ0) is 10.8. The molecule has 0 bridgehead atoms. The maximum Gasteiger partial charge on any atom is 0.134 e. The summed E-state index contributed by atoms with van der Waals surface area (Å²) in [4.78, 5) is 0. The molecule has 2 aromatic rings. The monoisotopic (exact) mass is 201 g/mol. The molecule has 0 aliphatic carbocycles. The average Bonchev–Trinajstić information content (AvgIpc) is 2.50. The SMILES string of the molecule is Cc1oc2ccccc2c1/C=C/C(C)N. The smallest absolute Gasteiger partial charge is 0.134 e. The zero-order valence-corrected chi connectivity index (χ0v) is 9.03. The van der Waals surface area contributed by atoms with Gasteiger partial charge < -0.3 is 10.2 Å². The highest BCUT2D eigenvalue weighted by molar-refractivity contribution is 5.88. The van der Waals surface area contributed by atoms with E-state index in [1.165, 1.54) is 0 Å². The van der Waals surface area contributed by atoms with Crippen molar-refractivity contribution >= 4 is 17.0 Å². The van der Waals surface area contributed by atoms with Crippen LogP contribution in [-0.4, -0.2) is 6.04 Å². The van der Waals surface area contributed by atoms with Gasteiger partial charge in [-0.3, -0.25) is 0 Å². The Bertz CT molecular complexity index is 494. The summed E-state index contributed by atoms with van der Waals surface area (Å²) in [6.45, 7) is 3.93. The van der Waals surface area contributed by atoms with Crippen molar-refractivity contribution in [2.45, 2.75) is 19.9 Å². The van der Waals surface area contributed by atoms with E-state index >= 15 is 0 Å². The first-order valence-electron chi connectivity index (χ1n) is 5.10. The third-order valence-corrected chi connectivity index (χ3v) is 2.39. The zero-order valence-electron chi connectivity index (χ0n) is 9.03. The first kappa shape index (κ1) is 9.99.